The number of carbonyl (C=O) groups is 2. The Labute approximate surface area is 591 Å². The van der Waals surface area contributed by atoms with Crippen LogP contribution in [0.2, 0.25) is 0 Å². The minimum absolute atomic E-state index is 0.0223. The molecule has 0 radical (unpaired) electrons. The summed E-state index contributed by atoms with van der Waals surface area (Å²) in [6.45, 7) is 5.03. The van der Waals surface area contributed by atoms with Crippen LogP contribution < -0.4 is 5.32 Å². The molecule has 0 heterocycles. The number of hydrogen-bond donors (Lipinski definition) is 3. The molecule has 0 aromatic carbocycles. The van der Waals surface area contributed by atoms with Gasteiger partial charge in [0.2, 0.25) is 5.91 Å². The highest BCUT2D eigenvalue weighted by molar-refractivity contribution is 5.76. The summed E-state index contributed by atoms with van der Waals surface area (Å²) in [5.41, 5.74) is 0. The van der Waals surface area contributed by atoms with E-state index in [9.17, 15) is 19.8 Å². The van der Waals surface area contributed by atoms with Gasteiger partial charge in [0, 0.05) is 12.8 Å². The minimum atomic E-state index is -0.661. The first kappa shape index (κ1) is 92.9. The molecule has 3 N–H and O–H groups in total. The van der Waals surface area contributed by atoms with Gasteiger partial charge in [-0.25, -0.2) is 0 Å². The monoisotopic (exact) mass is 1330 g/mol. The second-order valence-corrected chi connectivity index (χ2v) is 30.9. The van der Waals surface area contributed by atoms with Gasteiger partial charge in [0.05, 0.1) is 25.4 Å². The lowest BCUT2D eigenvalue weighted by Crippen LogP contribution is -2.45. The quantitative estimate of drug-likeness (QED) is 0.0417. The molecule has 0 saturated heterocycles. The van der Waals surface area contributed by atoms with Gasteiger partial charge >= 0.3 is 5.97 Å². The zero-order valence-electron chi connectivity index (χ0n) is 64.8. The first-order valence-electron chi connectivity index (χ1n) is 44.3. The van der Waals surface area contributed by atoms with E-state index < -0.39 is 12.1 Å². The Balaban J connectivity index is 3.29. The predicted molar refractivity (Wildman–Crippen MR) is 417 cm³/mol. The third-order valence-electron chi connectivity index (χ3n) is 21.4. The lowest BCUT2D eigenvalue weighted by Gasteiger charge is -2.22. The van der Waals surface area contributed by atoms with E-state index in [-0.39, 0.29) is 18.5 Å². The fraction of sp³-hybridized carbons (Fsp3) is 0.977. The summed E-state index contributed by atoms with van der Waals surface area (Å²) in [5, 5.41) is 23.5. The molecule has 6 heteroatoms. The average Bonchev–Trinajstić information content (AvgIpc) is 3.75. The smallest absolute Gasteiger partial charge is 0.305 e. The maximum Gasteiger partial charge on any atom is 0.305 e. The van der Waals surface area contributed by atoms with Crippen LogP contribution >= 0.6 is 0 Å². The molecule has 0 aromatic rings. The Kier molecular flexibility index (Phi) is 83.3. The van der Waals surface area contributed by atoms with Crippen molar-refractivity contribution in [1.82, 2.24) is 5.32 Å². The van der Waals surface area contributed by atoms with Gasteiger partial charge in [0.25, 0.3) is 0 Å². The first-order valence-corrected chi connectivity index (χ1v) is 44.3. The first-order chi connectivity index (χ1) is 46.5. The minimum Gasteiger partial charge on any atom is -0.466 e. The van der Waals surface area contributed by atoms with Crippen molar-refractivity contribution in [2.45, 2.75) is 540 Å². The summed E-state index contributed by atoms with van der Waals surface area (Å²) in [7, 11) is 0. The summed E-state index contributed by atoms with van der Waals surface area (Å²) in [6, 6.07) is -0.537. The molecule has 0 aliphatic rings. The third kappa shape index (κ3) is 79.8. The van der Waals surface area contributed by atoms with Crippen LogP contribution in [0.5, 0.6) is 0 Å². The van der Waals surface area contributed by atoms with Gasteiger partial charge in [-0.3, -0.25) is 9.59 Å². The van der Waals surface area contributed by atoms with Crippen LogP contribution in [0.25, 0.3) is 0 Å². The van der Waals surface area contributed by atoms with E-state index in [0.717, 1.165) is 38.5 Å². The maximum absolute atomic E-state index is 12.6. The second-order valence-electron chi connectivity index (χ2n) is 30.9. The van der Waals surface area contributed by atoms with E-state index in [4.69, 9.17) is 4.74 Å². The fourth-order valence-electron chi connectivity index (χ4n) is 14.7. The number of aliphatic hydroxyl groups is 2. The Morgan fingerprint density at radius 3 is 0.649 bits per heavy atom. The molecule has 0 fully saturated rings. The van der Waals surface area contributed by atoms with E-state index in [1.54, 1.807) is 0 Å². The standard InChI is InChI=1S/C88H175NO5/c1-3-5-7-9-11-13-15-17-19-21-22-23-39-42-45-49-52-56-60-64-68-72-76-80-86(91)85(84-90)89-87(92)81-77-73-69-65-61-57-53-50-46-43-40-37-35-33-31-29-27-25-24-26-28-30-32-34-36-38-41-44-47-51-55-59-63-67-71-75-79-83-94-88(93)82-78-74-70-66-62-58-54-48-20-18-16-14-12-10-8-6-4-2/h85-86,90-91H,3-84H2,1-2H3,(H,89,92). The Bertz CT molecular complexity index is 1390. The van der Waals surface area contributed by atoms with Crippen LogP contribution in [0.15, 0.2) is 0 Å². The largest absolute Gasteiger partial charge is 0.466 e. The molecular weight excluding hydrogens is 1150 g/mol. The Morgan fingerprint density at radius 2 is 0.436 bits per heavy atom. The topological polar surface area (TPSA) is 95.9 Å². The summed E-state index contributed by atoms with van der Waals surface area (Å²) in [4.78, 5) is 24.7. The molecule has 1 amide bonds. The number of ether oxygens (including phenoxy) is 1. The molecule has 6 nitrogen and oxygen atoms in total. The van der Waals surface area contributed by atoms with Crippen LogP contribution in [0, 0.1) is 0 Å². The Hall–Kier alpha value is -1.14. The van der Waals surface area contributed by atoms with E-state index in [1.807, 2.05) is 0 Å². The summed E-state index contributed by atoms with van der Waals surface area (Å²) in [5.74, 6) is 0.00684. The van der Waals surface area contributed by atoms with Crippen molar-refractivity contribution in [2.24, 2.45) is 0 Å². The van der Waals surface area contributed by atoms with Crippen LogP contribution in [-0.4, -0.2) is 47.4 Å². The maximum atomic E-state index is 12.6. The molecule has 0 saturated carbocycles. The van der Waals surface area contributed by atoms with E-state index in [0.29, 0.717) is 25.9 Å². The van der Waals surface area contributed by atoms with Gasteiger partial charge in [-0.2, -0.15) is 0 Å². The van der Waals surface area contributed by atoms with E-state index in [1.165, 1.54) is 456 Å². The van der Waals surface area contributed by atoms with E-state index >= 15 is 0 Å². The normalized spacial score (nSPS) is 12.3. The highest BCUT2D eigenvalue weighted by atomic mass is 16.5. The molecule has 0 aliphatic heterocycles. The van der Waals surface area contributed by atoms with Crippen LogP contribution in [0.1, 0.15) is 528 Å². The second kappa shape index (κ2) is 84.3. The van der Waals surface area contributed by atoms with Crippen LogP contribution in [0.3, 0.4) is 0 Å². The molecule has 0 spiro atoms. The number of aliphatic hydroxyl groups excluding tert-OH is 2. The van der Waals surface area contributed by atoms with Gasteiger partial charge in [-0.05, 0) is 25.7 Å². The number of rotatable bonds is 85. The van der Waals surface area contributed by atoms with Crippen LogP contribution in [-0.2, 0) is 14.3 Å². The van der Waals surface area contributed by atoms with Crippen molar-refractivity contribution < 1.29 is 24.5 Å². The number of unbranched alkanes of at least 4 members (excludes halogenated alkanes) is 74. The number of esters is 1. The summed E-state index contributed by atoms with van der Waals surface area (Å²) < 4.78 is 5.52. The molecule has 0 rings (SSSR count). The Morgan fingerprint density at radius 1 is 0.255 bits per heavy atom. The molecular formula is C88H175NO5. The highest BCUT2D eigenvalue weighted by Crippen LogP contribution is 2.22. The zero-order chi connectivity index (χ0) is 67.7. The lowest BCUT2D eigenvalue weighted by molar-refractivity contribution is -0.143. The van der Waals surface area contributed by atoms with Crippen molar-refractivity contribution >= 4 is 11.9 Å². The van der Waals surface area contributed by atoms with Gasteiger partial charge in [0.15, 0.2) is 0 Å². The highest BCUT2D eigenvalue weighted by Gasteiger charge is 2.20. The van der Waals surface area contributed by atoms with Crippen molar-refractivity contribution in [1.29, 1.82) is 0 Å². The van der Waals surface area contributed by atoms with Gasteiger partial charge in [0.1, 0.15) is 0 Å². The molecule has 562 valence electrons. The van der Waals surface area contributed by atoms with Crippen molar-refractivity contribution in [3.63, 3.8) is 0 Å². The lowest BCUT2D eigenvalue weighted by atomic mass is 10.0. The molecule has 0 aromatic heterocycles. The van der Waals surface area contributed by atoms with Gasteiger partial charge in [-0.15, -0.1) is 0 Å². The van der Waals surface area contributed by atoms with Crippen LogP contribution in [0.4, 0.5) is 0 Å². The molecule has 0 aliphatic carbocycles. The van der Waals surface area contributed by atoms with Gasteiger partial charge < -0.3 is 20.3 Å². The fourth-order valence-corrected chi connectivity index (χ4v) is 14.7. The molecule has 0 bridgehead atoms. The van der Waals surface area contributed by atoms with Crippen molar-refractivity contribution in [3.8, 4) is 0 Å². The van der Waals surface area contributed by atoms with Crippen molar-refractivity contribution in [3.05, 3.63) is 0 Å². The van der Waals surface area contributed by atoms with Crippen molar-refractivity contribution in [2.75, 3.05) is 13.2 Å². The number of nitrogens with one attached hydrogen (secondary N) is 1. The molecule has 94 heavy (non-hydrogen) atoms. The number of carbonyl (C=O) groups excluding carboxylic acids is 2. The number of hydrogen-bond acceptors (Lipinski definition) is 5. The summed E-state index contributed by atoms with van der Waals surface area (Å²) in [6.07, 6.45) is 107. The third-order valence-corrected chi connectivity index (χ3v) is 21.4. The molecule has 2 atom stereocenters. The van der Waals surface area contributed by atoms with E-state index in [2.05, 4.69) is 19.2 Å². The predicted octanol–water partition coefficient (Wildman–Crippen LogP) is 29.6. The summed E-state index contributed by atoms with van der Waals surface area (Å²) >= 11 is 0. The zero-order valence-corrected chi connectivity index (χ0v) is 64.8. The average molecular weight is 1330 g/mol. The molecule has 2 unspecified atom stereocenters. The SMILES string of the molecule is CCCCCCCCCCCCCCCCCCCCCCCCCC(O)C(CO)NC(=O)CCCCCCCCCCCCCCCCCCCCCCCCCCCCCCCCCCCCCCCOC(=O)CCCCCCCCCCCCCCCCCCC. The number of amides is 1. The van der Waals surface area contributed by atoms with Gasteiger partial charge in [-0.1, -0.05) is 489 Å².